The van der Waals surface area contributed by atoms with Crippen LogP contribution in [0.5, 0.6) is 17.4 Å². The first kappa shape index (κ1) is 27.5. The molecule has 1 aromatic heterocycles. The standard InChI is InChI=1S/C28H31F3N6O3/c1-3-7-36-8-10-37(11-9-36)22-15-20(28(29,30)31)14-21(16-22)35-26(38)19-5-4-18(2)23(13-19)40-27-24-25(33-17-34-27)32-6-12-39-24/h4-5,13-17H,3,6-12H2,1-2H3,(H,35,38)(H,32,33,34). The van der Waals surface area contributed by atoms with Crippen LogP contribution in [0.1, 0.15) is 34.8 Å². The van der Waals surface area contributed by atoms with Gasteiger partial charge in [0.1, 0.15) is 18.7 Å². The Bertz CT molecular complexity index is 1380. The van der Waals surface area contributed by atoms with Crippen LogP contribution in [0.15, 0.2) is 42.7 Å². The van der Waals surface area contributed by atoms with Crippen molar-refractivity contribution in [3.05, 3.63) is 59.4 Å². The first-order valence-electron chi connectivity index (χ1n) is 13.2. The van der Waals surface area contributed by atoms with Gasteiger partial charge >= 0.3 is 6.18 Å². The first-order chi connectivity index (χ1) is 19.2. The fourth-order valence-corrected chi connectivity index (χ4v) is 4.74. The second kappa shape index (κ2) is 11.6. The number of halogens is 3. The molecule has 2 aliphatic heterocycles. The maximum absolute atomic E-state index is 13.8. The Morgan fingerprint density at radius 3 is 2.67 bits per heavy atom. The Kier molecular flexibility index (Phi) is 7.97. The summed E-state index contributed by atoms with van der Waals surface area (Å²) in [7, 11) is 0. The number of amides is 1. The molecule has 9 nitrogen and oxygen atoms in total. The molecule has 12 heteroatoms. The van der Waals surface area contributed by atoms with E-state index in [2.05, 4.69) is 32.4 Å². The van der Waals surface area contributed by atoms with Crippen molar-refractivity contribution in [1.82, 2.24) is 14.9 Å². The van der Waals surface area contributed by atoms with Crippen molar-refractivity contribution in [2.24, 2.45) is 0 Å². The highest BCUT2D eigenvalue weighted by molar-refractivity contribution is 6.04. The third-order valence-corrected chi connectivity index (χ3v) is 6.85. The van der Waals surface area contributed by atoms with Gasteiger partial charge in [-0.3, -0.25) is 9.69 Å². The number of rotatable bonds is 7. The van der Waals surface area contributed by atoms with E-state index in [0.29, 0.717) is 49.2 Å². The molecule has 2 aliphatic rings. The minimum absolute atomic E-state index is 0.0678. The average Bonchev–Trinajstić information content (AvgIpc) is 2.94. The number of benzene rings is 2. The molecule has 1 amide bonds. The zero-order chi connectivity index (χ0) is 28.3. The van der Waals surface area contributed by atoms with Crippen molar-refractivity contribution < 1.29 is 27.4 Å². The van der Waals surface area contributed by atoms with Gasteiger partial charge in [-0.1, -0.05) is 13.0 Å². The summed E-state index contributed by atoms with van der Waals surface area (Å²) >= 11 is 0. The molecule has 3 heterocycles. The molecule has 0 aliphatic carbocycles. The van der Waals surface area contributed by atoms with Crippen molar-refractivity contribution in [1.29, 1.82) is 0 Å². The number of hydrogen-bond acceptors (Lipinski definition) is 8. The average molecular weight is 557 g/mol. The SMILES string of the molecule is CCCN1CCN(c2cc(NC(=O)c3ccc(C)c(Oc4ncnc5c4OCCN5)c3)cc(C(F)(F)F)c2)CC1. The first-order valence-corrected chi connectivity index (χ1v) is 13.2. The molecule has 5 rings (SSSR count). The minimum Gasteiger partial charge on any atom is -0.483 e. The van der Waals surface area contributed by atoms with Gasteiger partial charge in [0.05, 0.1) is 12.1 Å². The van der Waals surface area contributed by atoms with E-state index < -0.39 is 17.6 Å². The maximum atomic E-state index is 13.8. The van der Waals surface area contributed by atoms with Gasteiger partial charge in [0.25, 0.3) is 11.8 Å². The second-order valence-corrected chi connectivity index (χ2v) is 9.76. The van der Waals surface area contributed by atoms with Crippen LogP contribution in [0, 0.1) is 6.92 Å². The van der Waals surface area contributed by atoms with Crippen LogP contribution < -0.4 is 25.0 Å². The van der Waals surface area contributed by atoms with Crippen LogP contribution in [0.3, 0.4) is 0 Å². The van der Waals surface area contributed by atoms with E-state index in [1.807, 2.05) is 11.8 Å². The Morgan fingerprint density at radius 1 is 1.12 bits per heavy atom. The molecule has 2 N–H and O–H groups in total. The summed E-state index contributed by atoms with van der Waals surface area (Å²) in [5.41, 5.74) is 0.631. The van der Waals surface area contributed by atoms with E-state index in [9.17, 15) is 18.0 Å². The van der Waals surface area contributed by atoms with E-state index in [4.69, 9.17) is 9.47 Å². The van der Waals surface area contributed by atoms with Crippen LogP contribution in [0.25, 0.3) is 0 Å². The lowest BCUT2D eigenvalue weighted by molar-refractivity contribution is -0.137. The summed E-state index contributed by atoms with van der Waals surface area (Å²) in [6, 6.07) is 8.50. The van der Waals surface area contributed by atoms with Gasteiger partial charge in [-0.15, -0.1) is 0 Å². The van der Waals surface area contributed by atoms with Crippen molar-refractivity contribution in [2.45, 2.75) is 26.4 Å². The zero-order valence-corrected chi connectivity index (χ0v) is 22.3. The van der Waals surface area contributed by atoms with Crippen LogP contribution >= 0.6 is 0 Å². The van der Waals surface area contributed by atoms with Crippen LogP contribution in [0.4, 0.5) is 30.4 Å². The van der Waals surface area contributed by atoms with Gasteiger partial charge in [-0.05, 0) is 55.8 Å². The summed E-state index contributed by atoms with van der Waals surface area (Å²) < 4.78 is 53.0. The van der Waals surface area contributed by atoms with Gasteiger partial charge in [0.15, 0.2) is 5.82 Å². The highest BCUT2D eigenvalue weighted by Crippen LogP contribution is 2.38. The molecule has 212 valence electrons. The third-order valence-electron chi connectivity index (χ3n) is 6.85. The predicted molar refractivity (Wildman–Crippen MR) is 146 cm³/mol. The van der Waals surface area contributed by atoms with Gasteiger partial charge in [0.2, 0.25) is 5.75 Å². The monoisotopic (exact) mass is 556 g/mol. The quantitative estimate of drug-likeness (QED) is 0.411. The van der Waals surface area contributed by atoms with E-state index in [-0.39, 0.29) is 17.1 Å². The van der Waals surface area contributed by atoms with Crippen molar-refractivity contribution in [2.75, 3.05) is 61.4 Å². The number of aromatic nitrogens is 2. The molecule has 3 aromatic rings. The van der Waals surface area contributed by atoms with Crippen LogP contribution in [0.2, 0.25) is 0 Å². The summed E-state index contributed by atoms with van der Waals surface area (Å²) in [5, 5.41) is 5.75. The smallest absolute Gasteiger partial charge is 0.416 e. The van der Waals surface area contributed by atoms with Gasteiger partial charge in [0, 0.05) is 43.1 Å². The van der Waals surface area contributed by atoms with E-state index in [1.54, 1.807) is 18.2 Å². The summed E-state index contributed by atoms with van der Waals surface area (Å²) in [4.78, 5) is 25.7. The Labute approximate surface area is 230 Å². The van der Waals surface area contributed by atoms with Crippen molar-refractivity contribution in [3.63, 3.8) is 0 Å². The molecule has 0 radical (unpaired) electrons. The third kappa shape index (κ3) is 6.22. The van der Waals surface area contributed by atoms with Crippen molar-refractivity contribution >= 4 is 23.1 Å². The normalized spacial score (nSPS) is 15.6. The number of fused-ring (bicyclic) bond motifs is 1. The minimum atomic E-state index is -4.56. The fraction of sp³-hybridized carbons (Fsp3) is 0.393. The molecule has 0 unspecified atom stereocenters. The number of nitrogens with one attached hydrogen (secondary N) is 2. The molecule has 0 saturated carbocycles. The largest absolute Gasteiger partial charge is 0.483 e. The number of aryl methyl sites for hydroxylation is 1. The summed E-state index contributed by atoms with van der Waals surface area (Å²) in [5.74, 6) is 0.868. The van der Waals surface area contributed by atoms with E-state index >= 15 is 0 Å². The van der Waals surface area contributed by atoms with Crippen molar-refractivity contribution in [3.8, 4) is 17.4 Å². The maximum Gasteiger partial charge on any atom is 0.416 e. The highest BCUT2D eigenvalue weighted by atomic mass is 19.4. The molecule has 0 spiro atoms. The fourth-order valence-electron chi connectivity index (χ4n) is 4.74. The van der Waals surface area contributed by atoms with Crippen LogP contribution in [-0.2, 0) is 6.18 Å². The Hall–Kier alpha value is -4.06. The second-order valence-electron chi connectivity index (χ2n) is 9.76. The lowest BCUT2D eigenvalue weighted by Gasteiger charge is -2.36. The van der Waals surface area contributed by atoms with E-state index in [1.165, 1.54) is 12.4 Å². The van der Waals surface area contributed by atoms with E-state index in [0.717, 1.165) is 43.8 Å². The molecule has 40 heavy (non-hydrogen) atoms. The number of hydrogen-bond donors (Lipinski definition) is 2. The molecule has 0 atom stereocenters. The summed E-state index contributed by atoms with van der Waals surface area (Å²) in [6.07, 6.45) is -2.19. The number of anilines is 3. The predicted octanol–water partition coefficient (Wildman–Crippen LogP) is 5.18. The summed E-state index contributed by atoms with van der Waals surface area (Å²) in [6.45, 7) is 8.66. The Morgan fingerprint density at radius 2 is 1.93 bits per heavy atom. The molecular formula is C28H31F3N6O3. The molecular weight excluding hydrogens is 525 g/mol. The number of alkyl halides is 3. The molecule has 0 bridgehead atoms. The topological polar surface area (TPSA) is 91.9 Å². The number of ether oxygens (including phenoxy) is 2. The molecule has 1 saturated heterocycles. The Balaban J connectivity index is 1.37. The van der Waals surface area contributed by atoms with Crippen LogP contribution in [-0.4, -0.2) is 66.7 Å². The number of carbonyl (C=O) groups excluding carboxylic acids is 1. The van der Waals surface area contributed by atoms with Gasteiger partial charge in [-0.25, -0.2) is 4.98 Å². The van der Waals surface area contributed by atoms with Gasteiger partial charge < -0.3 is 25.0 Å². The number of nitrogens with zero attached hydrogens (tertiary/aromatic N) is 4. The number of carbonyl (C=O) groups is 1. The lowest BCUT2D eigenvalue weighted by Crippen LogP contribution is -2.46. The lowest BCUT2D eigenvalue weighted by atomic mass is 10.1. The molecule has 1 fully saturated rings. The highest BCUT2D eigenvalue weighted by Gasteiger charge is 2.32. The number of piperazine rings is 1. The molecule has 2 aromatic carbocycles. The zero-order valence-electron chi connectivity index (χ0n) is 22.3. The van der Waals surface area contributed by atoms with Gasteiger partial charge in [-0.2, -0.15) is 18.2 Å².